The molecule has 176 valence electrons. The number of rotatable bonds is 7. The Kier molecular flexibility index (Phi) is 7.31. The van der Waals surface area contributed by atoms with Crippen LogP contribution in [-0.4, -0.2) is 73.5 Å². The summed E-state index contributed by atoms with van der Waals surface area (Å²) in [6, 6.07) is 14.5. The first-order chi connectivity index (χ1) is 16.0. The summed E-state index contributed by atoms with van der Waals surface area (Å²) in [6.45, 7) is 4.93. The highest BCUT2D eigenvalue weighted by molar-refractivity contribution is 6.05. The zero-order valence-corrected chi connectivity index (χ0v) is 18.6. The van der Waals surface area contributed by atoms with E-state index in [2.05, 4.69) is 20.4 Å². The third-order valence-electron chi connectivity index (χ3n) is 6.37. The van der Waals surface area contributed by atoms with Crippen molar-refractivity contribution in [2.45, 2.75) is 24.9 Å². The largest absolute Gasteiger partial charge is 0.465 e. The number of carboxylic acid groups (broad SMARTS) is 1. The van der Waals surface area contributed by atoms with Crippen LogP contribution in [0.25, 0.3) is 0 Å². The lowest BCUT2D eigenvalue weighted by Gasteiger charge is -2.33. The standard InChI is InChI=1S/C24H31N5O4/c25-19-3-1-2-4-20(19)26-23(30)17-5-7-18(8-6-17)29-12-9-21(27-24(31)32)22(29)10-11-28-13-15-33-16-14-28/h1-8,21-22,27H,9-16,25H2,(H,26,30)(H,31,32). The molecular weight excluding hydrogens is 422 g/mol. The maximum absolute atomic E-state index is 12.6. The maximum Gasteiger partial charge on any atom is 0.404 e. The minimum Gasteiger partial charge on any atom is -0.465 e. The van der Waals surface area contributed by atoms with Crippen molar-refractivity contribution in [2.75, 3.05) is 55.3 Å². The van der Waals surface area contributed by atoms with Crippen molar-refractivity contribution in [2.24, 2.45) is 0 Å². The molecule has 2 aliphatic rings. The van der Waals surface area contributed by atoms with Gasteiger partial charge in [-0.1, -0.05) is 12.1 Å². The van der Waals surface area contributed by atoms with E-state index in [1.807, 2.05) is 24.3 Å². The van der Waals surface area contributed by atoms with Crippen molar-refractivity contribution in [3.8, 4) is 0 Å². The van der Waals surface area contributed by atoms with E-state index in [0.29, 0.717) is 16.9 Å². The van der Waals surface area contributed by atoms with E-state index < -0.39 is 6.09 Å². The Bertz CT molecular complexity index is 962. The number of nitrogens with one attached hydrogen (secondary N) is 2. The molecule has 2 aliphatic heterocycles. The Morgan fingerprint density at radius 2 is 1.79 bits per heavy atom. The average Bonchev–Trinajstić information content (AvgIpc) is 3.21. The summed E-state index contributed by atoms with van der Waals surface area (Å²) in [5, 5.41) is 14.8. The van der Waals surface area contributed by atoms with Crippen LogP contribution in [0.1, 0.15) is 23.2 Å². The molecule has 0 bridgehead atoms. The summed E-state index contributed by atoms with van der Waals surface area (Å²) in [5.41, 5.74) is 8.53. The third kappa shape index (κ3) is 5.74. The van der Waals surface area contributed by atoms with Gasteiger partial charge in [0, 0.05) is 37.4 Å². The van der Waals surface area contributed by atoms with Crippen LogP contribution < -0.4 is 21.3 Å². The van der Waals surface area contributed by atoms with Crippen molar-refractivity contribution in [1.82, 2.24) is 10.2 Å². The molecule has 33 heavy (non-hydrogen) atoms. The molecule has 9 nitrogen and oxygen atoms in total. The Hall–Kier alpha value is -3.30. The van der Waals surface area contributed by atoms with Gasteiger partial charge in [-0.2, -0.15) is 0 Å². The Labute approximate surface area is 193 Å². The SMILES string of the molecule is Nc1ccccc1NC(=O)c1ccc(N2CCC(NC(=O)O)C2CCN2CCOCC2)cc1. The van der Waals surface area contributed by atoms with Crippen LogP contribution in [0.5, 0.6) is 0 Å². The number of morpholine rings is 1. The molecule has 5 N–H and O–H groups in total. The number of carbonyl (C=O) groups is 2. The molecule has 2 heterocycles. The van der Waals surface area contributed by atoms with E-state index >= 15 is 0 Å². The quantitative estimate of drug-likeness (QED) is 0.475. The first-order valence-corrected chi connectivity index (χ1v) is 11.3. The van der Waals surface area contributed by atoms with E-state index in [1.54, 1.807) is 24.3 Å². The fourth-order valence-electron chi connectivity index (χ4n) is 4.61. The predicted molar refractivity (Wildman–Crippen MR) is 128 cm³/mol. The molecule has 2 aromatic rings. The van der Waals surface area contributed by atoms with Gasteiger partial charge >= 0.3 is 6.09 Å². The molecule has 2 amide bonds. The highest BCUT2D eigenvalue weighted by atomic mass is 16.5. The van der Waals surface area contributed by atoms with Crippen LogP contribution in [0.2, 0.25) is 0 Å². The Balaban J connectivity index is 1.44. The summed E-state index contributed by atoms with van der Waals surface area (Å²) < 4.78 is 5.43. The first kappa shape index (κ1) is 22.9. The molecule has 0 saturated carbocycles. The van der Waals surface area contributed by atoms with Crippen LogP contribution >= 0.6 is 0 Å². The van der Waals surface area contributed by atoms with Gasteiger partial charge in [0.15, 0.2) is 0 Å². The van der Waals surface area contributed by atoms with Gasteiger partial charge in [0.1, 0.15) is 0 Å². The van der Waals surface area contributed by atoms with Crippen LogP contribution in [0.3, 0.4) is 0 Å². The van der Waals surface area contributed by atoms with E-state index in [1.165, 1.54) is 0 Å². The van der Waals surface area contributed by atoms with Crippen molar-refractivity contribution < 1.29 is 19.4 Å². The van der Waals surface area contributed by atoms with E-state index in [-0.39, 0.29) is 18.0 Å². The average molecular weight is 454 g/mol. The highest BCUT2D eigenvalue weighted by Crippen LogP contribution is 2.29. The number of nitrogens with zero attached hydrogens (tertiary/aromatic N) is 2. The second-order valence-electron chi connectivity index (χ2n) is 8.44. The van der Waals surface area contributed by atoms with Gasteiger partial charge < -0.3 is 31.1 Å². The summed E-state index contributed by atoms with van der Waals surface area (Å²) in [5.74, 6) is -0.227. The fraction of sp³-hybridized carbons (Fsp3) is 0.417. The van der Waals surface area contributed by atoms with E-state index in [4.69, 9.17) is 10.5 Å². The van der Waals surface area contributed by atoms with Gasteiger partial charge in [0.25, 0.3) is 5.91 Å². The van der Waals surface area contributed by atoms with E-state index in [0.717, 1.165) is 57.9 Å². The number of carbonyl (C=O) groups excluding carboxylic acids is 1. The molecule has 0 aromatic heterocycles. The highest BCUT2D eigenvalue weighted by Gasteiger charge is 2.35. The Morgan fingerprint density at radius 1 is 1.06 bits per heavy atom. The molecule has 2 fully saturated rings. The lowest BCUT2D eigenvalue weighted by molar-refractivity contribution is 0.0364. The van der Waals surface area contributed by atoms with Crippen LogP contribution in [-0.2, 0) is 4.74 Å². The van der Waals surface area contributed by atoms with E-state index in [9.17, 15) is 14.7 Å². The van der Waals surface area contributed by atoms with Gasteiger partial charge in [0.2, 0.25) is 0 Å². The lowest BCUT2D eigenvalue weighted by Crippen LogP contribution is -2.47. The number of para-hydroxylation sites is 2. The molecule has 0 spiro atoms. The van der Waals surface area contributed by atoms with Crippen LogP contribution in [0.15, 0.2) is 48.5 Å². The number of amides is 2. The molecular formula is C24H31N5O4. The normalized spacial score (nSPS) is 21.0. The molecule has 0 radical (unpaired) electrons. The summed E-state index contributed by atoms with van der Waals surface area (Å²) in [4.78, 5) is 28.6. The second kappa shape index (κ2) is 10.5. The van der Waals surface area contributed by atoms with Gasteiger partial charge in [-0.25, -0.2) is 4.79 Å². The lowest BCUT2D eigenvalue weighted by atomic mass is 10.0. The Morgan fingerprint density at radius 3 is 2.48 bits per heavy atom. The summed E-state index contributed by atoms with van der Waals surface area (Å²) in [7, 11) is 0. The van der Waals surface area contributed by atoms with Crippen molar-refractivity contribution in [1.29, 1.82) is 0 Å². The van der Waals surface area contributed by atoms with Crippen LogP contribution in [0.4, 0.5) is 21.9 Å². The molecule has 2 saturated heterocycles. The summed E-state index contributed by atoms with van der Waals surface area (Å²) >= 11 is 0. The molecule has 2 aromatic carbocycles. The molecule has 2 atom stereocenters. The van der Waals surface area contributed by atoms with Crippen LogP contribution in [0, 0.1) is 0 Å². The van der Waals surface area contributed by atoms with Crippen molar-refractivity contribution in [3.05, 3.63) is 54.1 Å². The minimum atomic E-state index is -0.995. The van der Waals surface area contributed by atoms with Gasteiger partial charge in [-0.3, -0.25) is 9.69 Å². The third-order valence-corrected chi connectivity index (χ3v) is 6.37. The molecule has 9 heteroatoms. The number of nitrogens with two attached hydrogens (primary N) is 1. The predicted octanol–water partition coefficient (Wildman–Crippen LogP) is 2.46. The minimum absolute atomic E-state index is 0.0488. The molecule has 2 unspecified atom stereocenters. The molecule has 0 aliphatic carbocycles. The van der Waals surface area contributed by atoms with Gasteiger partial charge in [0.05, 0.1) is 36.7 Å². The van der Waals surface area contributed by atoms with Crippen molar-refractivity contribution in [3.63, 3.8) is 0 Å². The summed E-state index contributed by atoms with van der Waals surface area (Å²) in [6.07, 6.45) is 0.598. The zero-order chi connectivity index (χ0) is 23.2. The number of anilines is 3. The first-order valence-electron chi connectivity index (χ1n) is 11.3. The number of hydrogen-bond donors (Lipinski definition) is 4. The molecule has 4 rings (SSSR count). The maximum atomic E-state index is 12.6. The second-order valence-corrected chi connectivity index (χ2v) is 8.44. The monoisotopic (exact) mass is 453 g/mol. The smallest absolute Gasteiger partial charge is 0.404 e. The zero-order valence-electron chi connectivity index (χ0n) is 18.6. The number of ether oxygens (including phenoxy) is 1. The fourth-order valence-corrected chi connectivity index (χ4v) is 4.61. The van der Waals surface area contributed by atoms with Crippen molar-refractivity contribution >= 4 is 29.1 Å². The number of hydrogen-bond acceptors (Lipinski definition) is 6. The topological polar surface area (TPSA) is 120 Å². The van der Waals surface area contributed by atoms with Gasteiger partial charge in [-0.05, 0) is 49.2 Å². The number of benzene rings is 2. The van der Waals surface area contributed by atoms with Gasteiger partial charge in [-0.15, -0.1) is 0 Å². The number of nitrogen functional groups attached to an aromatic ring is 1.